The maximum atomic E-state index is 11.5. The van der Waals surface area contributed by atoms with E-state index in [4.69, 9.17) is 22.3 Å². The normalized spacial score (nSPS) is 25.4. The maximum absolute atomic E-state index is 11.5. The number of aliphatic carboxylic acids is 1. The number of carboxylic acid groups (broad SMARTS) is 1. The summed E-state index contributed by atoms with van der Waals surface area (Å²) in [6.07, 6.45) is 0.441. The van der Waals surface area contributed by atoms with Crippen LogP contribution in [0.15, 0.2) is 0 Å². The van der Waals surface area contributed by atoms with Crippen LogP contribution in [0.1, 0.15) is 12.8 Å². The molecule has 1 aliphatic heterocycles. The second kappa shape index (κ2) is 4.13. The molecule has 1 rings (SSSR count). The Labute approximate surface area is 87.2 Å². The number of amides is 1. The molecule has 0 saturated carbocycles. The lowest BCUT2D eigenvalue weighted by molar-refractivity contribution is -0.157. The van der Waals surface area contributed by atoms with Gasteiger partial charge in [0.15, 0.2) is 5.66 Å². The van der Waals surface area contributed by atoms with E-state index in [0.29, 0.717) is 6.42 Å². The third-order valence-electron chi connectivity index (χ3n) is 2.62. The second-order valence-corrected chi connectivity index (χ2v) is 3.65. The Morgan fingerprint density at radius 1 is 1.67 bits per heavy atom. The molecule has 0 unspecified atom stereocenters. The van der Waals surface area contributed by atoms with Gasteiger partial charge in [-0.2, -0.15) is 0 Å². The molecule has 86 valence electrons. The first-order valence-electron chi connectivity index (χ1n) is 4.73. The van der Waals surface area contributed by atoms with Gasteiger partial charge < -0.3 is 21.5 Å². The first-order valence-corrected chi connectivity index (χ1v) is 4.73. The highest BCUT2D eigenvalue weighted by molar-refractivity contribution is 5.90. The fourth-order valence-electron chi connectivity index (χ4n) is 1.68. The van der Waals surface area contributed by atoms with Gasteiger partial charge in [-0.15, -0.1) is 0 Å². The third-order valence-corrected chi connectivity index (χ3v) is 2.62. The smallest absolute Gasteiger partial charge is 0.344 e. The van der Waals surface area contributed by atoms with Crippen molar-refractivity contribution in [1.82, 2.24) is 4.90 Å². The first kappa shape index (κ1) is 11.9. The molecule has 1 heterocycles. The van der Waals surface area contributed by atoms with Gasteiger partial charge in [-0.3, -0.25) is 10.5 Å². The van der Waals surface area contributed by atoms with Crippen LogP contribution in [0.3, 0.4) is 0 Å². The molecule has 0 aromatic rings. The minimum absolute atomic E-state index is 0.0147. The first-order chi connectivity index (χ1) is 6.93. The molecule has 7 heteroatoms. The standard InChI is InChI=1S/C8H16N4O3/c9-3-2-8(11,7(14)15)12-4-1-5(10)6(12)13/h5H,1-4,9-11H2,(H,14,15)/t5-,8-/m0/s1. The molecule has 1 amide bonds. The van der Waals surface area contributed by atoms with Crippen molar-refractivity contribution in [2.24, 2.45) is 17.2 Å². The van der Waals surface area contributed by atoms with Crippen molar-refractivity contribution in [3.63, 3.8) is 0 Å². The lowest BCUT2D eigenvalue weighted by Gasteiger charge is -2.34. The largest absolute Gasteiger partial charge is 0.478 e. The Balaban J connectivity index is 2.90. The summed E-state index contributed by atoms with van der Waals surface area (Å²) in [6, 6.07) is -0.648. The number of rotatable bonds is 4. The van der Waals surface area contributed by atoms with Crippen molar-refractivity contribution in [3.05, 3.63) is 0 Å². The van der Waals surface area contributed by atoms with Crippen molar-refractivity contribution in [2.75, 3.05) is 13.1 Å². The average molecular weight is 216 g/mol. The van der Waals surface area contributed by atoms with Gasteiger partial charge in [0.1, 0.15) is 0 Å². The fraction of sp³-hybridized carbons (Fsp3) is 0.750. The minimum atomic E-state index is -1.72. The van der Waals surface area contributed by atoms with E-state index in [0.717, 1.165) is 4.90 Å². The van der Waals surface area contributed by atoms with Crippen LogP contribution in [0.4, 0.5) is 0 Å². The van der Waals surface area contributed by atoms with E-state index in [9.17, 15) is 9.59 Å². The molecule has 0 bridgehead atoms. The molecular formula is C8H16N4O3. The van der Waals surface area contributed by atoms with Crippen LogP contribution in [0.5, 0.6) is 0 Å². The summed E-state index contributed by atoms with van der Waals surface area (Å²) >= 11 is 0. The summed E-state index contributed by atoms with van der Waals surface area (Å²) in [5, 5.41) is 9.01. The zero-order valence-electron chi connectivity index (χ0n) is 8.35. The Morgan fingerprint density at radius 3 is 2.60 bits per heavy atom. The van der Waals surface area contributed by atoms with E-state index in [2.05, 4.69) is 0 Å². The highest BCUT2D eigenvalue weighted by Gasteiger charge is 2.46. The van der Waals surface area contributed by atoms with E-state index < -0.39 is 23.6 Å². The van der Waals surface area contributed by atoms with Crippen molar-refractivity contribution >= 4 is 11.9 Å². The zero-order chi connectivity index (χ0) is 11.6. The Bertz CT molecular complexity index is 283. The van der Waals surface area contributed by atoms with E-state index >= 15 is 0 Å². The number of nitrogens with zero attached hydrogens (tertiary/aromatic N) is 1. The van der Waals surface area contributed by atoms with Gasteiger partial charge in [0.2, 0.25) is 5.91 Å². The molecule has 0 radical (unpaired) electrons. The number of carbonyl (C=O) groups excluding carboxylic acids is 1. The van der Waals surface area contributed by atoms with E-state index in [1.54, 1.807) is 0 Å². The van der Waals surface area contributed by atoms with Crippen LogP contribution >= 0.6 is 0 Å². The Morgan fingerprint density at radius 2 is 2.27 bits per heavy atom. The molecule has 0 aromatic heterocycles. The van der Waals surface area contributed by atoms with Gasteiger partial charge in [0.05, 0.1) is 6.04 Å². The van der Waals surface area contributed by atoms with E-state index in [1.807, 2.05) is 0 Å². The number of hydrogen-bond acceptors (Lipinski definition) is 5. The maximum Gasteiger partial charge on any atom is 0.344 e. The molecule has 1 fully saturated rings. The highest BCUT2D eigenvalue weighted by Crippen LogP contribution is 2.21. The van der Waals surface area contributed by atoms with Crippen molar-refractivity contribution in [1.29, 1.82) is 0 Å². The lowest BCUT2D eigenvalue weighted by Crippen LogP contribution is -2.63. The van der Waals surface area contributed by atoms with Crippen LogP contribution < -0.4 is 17.2 Å². The van der Waals surface area contributed by atoms with Crippen molar-refractivity contribution in [2.45, 2.75) is 24.5 Å². The van der Waals surface area contributed by atoms with Crippen LogP contribution in [0.2, 0.25) is 0 Å². The number of carboxylic acids is 1. The summed E-state index contributed by atoms with van der Waals surface area (Å²) in [5.41, 5.74) is 14.7. The number of carbonyl (C=O) groups is 2. The molecule has 0 aromatic carbocycles. The Kier molecular flexibility index (Phi) is 3.28. The fourth-order valence-corrected chi connectivity index (χ4v) is 1.68. The van der Waals surface area contributed by atoms with Crippen LogP contribution in [-0.2, 0) is 9.59 Å². The predicted octanol–water partition coefficient (Wildman–Crippen LogP) is -2.37. The molecule has 0 spiro atoms. The van der Waals surface area contributed by atoms with E-state index in [-0.39, 0.29) is 19.5 Å². The van der Waals surface area contributed by atoms with Gasteiger partial charge in [-0.1, -0.05) is 0 Å². The summed E-state index contributed by atoms with van der Waals surface area (Å²) in [6.45, 7) is 0.366. The van der Waals surface area contributed by atoms with Gasteiger partial charge >= 0.3 is 5.97 Å². The van der Waals surface area contributed by atoms with E-state index in [1.165, 1.54) is 0 Å². The zero-order valence-corrected chi connectivity index (χ0v) is 8.35. The number of hydrogen-bond donors (Lipinski definition) is 4. The van der Waals surface area contributed by atoms with Gasteiger partial charge in [0, 0.05) is 13.0 Å². The summed E-state index contributed by atoms with van der Waals surface area (Å²) in [4.78, 5) is 23.7. The van der Waals surface area contributed by atoms with Crippen molar-refractivity contribution < 1.29 is 14.7 Å². The summed E-state index contributed by atoms with van der Waals surface area (Å²) < 4.78 is 0. The van der Waals surface area contributed by atoms with Gasteiger partial charge in [-0.25, -0.2) is 4.79 Å². The molecule has 7 N–H and O–H groups in total. The molecule has 1 saturated heterocycles. The van der Waals surface area contributed by atoms with Crippen LogP contribution in [-0.4, -0.2) is 46.7 Å². The topological polar surface area (TPSA) is 136 Å². The molecule has 15 heavy (non-hydrogen) atoms. The molecule has 2 atom stereocenters. The predicted molar refractivity (Wildman–Crippen MR) is 52.5 cm³/mol. The SMILES string of the molecule is NCC[C@@](N)(C(=O)O)N1CC[C@H](N)C1=O. The van der Waals surface area contributed by atoms with Crippen LogP contribution in [0.25, 0.3) is 0 Å². The molecule has 1 aliphatic rings. The van der Waals surface area contributed by atoms with Crippen LogP contribution in [0, 0.1) is 0 Å². The lowest BCUT2D eigenvalue weighted by atomic mass is 10.1. The summed E-state index contributed by atoms with van der Waals surface area (Å²) in [5.74, 6) is -1.68. The molecule has 0 aliphatic carbocycles. The monoisotopic (exact) mass is 216 g/mol. The van der Waals surface area contributed by atoms with Crippen molar-refractivity contribution in [3.8, 4) is 0 Å². The summed E-state index contributed by atoms with van der Waals surface area (Å²) in [7, 11) is 0. The molecular weight excluding hydrogens is 200 g/mol. The Hall–Kier alpha value is -1.18. The number of nitrogens with two attached hydrogens (primary N) is 3. The minimum Gasteiger partial charge on any atom is -0.478 e. The number of likely N-dealkylation sites (tertiary alicyclic amines) is 1. The quantitative estimate of drug-likeness (QED) is 0.415. The highest BCUT2D eigenvalue weighted by atomic mass is 16.4. The van der Waals surface area contributed by atoms with Gasteiger partial charge in [-0.05, 0) is 13.0 Å². The second-order valence-electron chi connectivity index (χ2n) is 3.65. The average Bonchev–Trinajstić information content (AvgIpc) is 2.48. The molecule has 7 nitrogen and oxygen atoms in total. The third kappa shape index (κ3) is 1.94. The van der Waals surface area contributed by atoms with Gasteiger partial charge in [0.25, 0.3) is 0 Å².